The molecule has 1 aromatic carbocycles. The molecule has 0 bridgehead atoms. The van der Waals surface area contributed by atoms with Crippen LogP contribution in [0.1, 0.15) is 19.5 Å². The number of fused-ring (bicyclic) bond motifs is 1. The number of hydrogen-bond donors (Lipinski definition) is 1. The molecule has 0 atom stereocenters. The number of nitrogens with one attached hydrogen (secondary N) is 1. The Morgan fingerprint density at radius 2 is 2.05 bits per heavy atom. The molecule has 6 heteroatoms. The van der Waals surface area contributed by atoms with Gasteiger partial charge in [0, 0.05) is 29.9 Å². The van der Waals surface area contributed by atoms with Gasteiger partial charge in [0.15, 0.2) is 11.6 Å². The third kappa shape index (κ3) is 3.32. The van der Waals surface area contributed by atoms with Gasteiger partial charge in [-0.2, -0.15) is 0 Å². The molecule has 1 heterocycles. The maximum Gasteiger partial charge on any atom is 0.239 e. The number of carbonyl (C=O) groups excluding carboxylic acids is 1. The number of aryl methyl sites for hydroxylation is 1. The van der Waals surface area contributed by atoms with Gasteiger partial charge in [0.1, 0.15) is 5.52 Å². The van der Waals surface area contributed by atoms with Crippen molar-refractivity contribution < 1.29 is 13.6 Å². The predicted molar refractivity (Wildman–Crippen MR) is 82.9 cm³/mol. The van der Waals surface area contributed by atoms with Gasteiger partial charge in [-0.25, -0.2) is 13.8 Å². The lowest BCUT2D eigenvalue weighted by Crippen LogP contribution is -2.38. The van der Waals surface area contributed by atoms with E-state index in [-0.39, 0.29) is 24.0 Å². The van der Waals surface area contributed by atoms with Crippen LogP contribution in [0.25, 0.3) is 10.9 Å². The highest BCUT2D eigenvalue weighted by Gasteiger charge is 2.16. The maximum absolute atomic E-state index is 13.9. The number of rotatable bonds is 4. The van der Waals surface area contributed by atoms with Gasteiger partial charge in [-0.1, -0.05) is 0 Å². The normalized spacial score (nSPS) is 11.0. The number of carbonyl (C=O) groups is 1. The Balaban J connectivity index is 2.42. The van der Waals surface area contributed by atoms with Crippen molar-refractivity contribution in [3.8, 4) is 0 Å². The molecule has 0 unspecified atom stereocenters. The molecule has 2 aromatic rings. The highest BCUT2D eigenvalue weighted by atomic mass is 19.2. The van der Waals surface area contributed by atoms with Crippen molar-refractivity contribution >= 4 is 22.5 Å². The van der Waals surface area contributed by atoms with Gasteiger partial charge in [0.05, 0.1) is 6.54 Å². The fourth-order valence-electron chi connectivity index (χ4n) is 2.32. The van der Waals surface area contributed by atoms with Crippen LogP contribution in [0.4, 0.5) is 14.5 Å². The molecule has 0 aliphatic heterocycles. The van der Waals surface area contributed by atoms with Gasteiger partial charge in [0.25, 0.3) is 0 Å². The Morgan fingerprint density at radius 1 is 1.36 bits per heavy atom. The molecule has 0 spiro atoms. The van der Waals surface area contributed by atoms with E-state index in [1.54, 1.807) is 24.9 Å². The molecule has 0 radical (unpaired) electrons. The number of amides is 1. The molecule has 1 aromatic heterocycles. The summed E-state index contributed by atoms with van der Waals surface area (Å²) in [5.74, 6) is -2.04. The molecule has 2 rings (SSSR count). The van der Waals surface area contributed by atoms with Gasteiger partial charge in [0.2, 0.25) is 5.91 Å². The molecule has 0 saturated heterocycles. The molecule has 118 valence electrons. The third-order valence-corrected chi connectivity index (χ3v) is 3.22. The van der Waals surface area contributed by atoms with Crippen molar-refractivity contribution in [2.75, 3.05) is 18.5 Å². The van der Waals surface area contributed by atoms with E-state index in [9.17, 15) is 13.6 Å². The van der Waals surface area contributed by atoms with E-state index >= 15 is 0 Å². The fourth-order valence-corrected chi connectivity index (χ4v) is 2.32. The first-order valence-corrected chi connectivity index (χ1v) is 7.05. The first-order chi connectivity index (χ1) is 10.3. The van der Waals surface area contributed by atoms with E-state index in [0.717, 1.165) is 6.07 Å². The fraction of sp³-hybridized carbons (Fsp3) is 0.375. The van der Waals surface area contributed by atoms with Crippen LogP contribution < -0.4 is 10.2 Å². The van der Waals surface area contributed by atoms with Crippen molar-refractivity contribution in [1.82, 2.24) is 10.3 Å². The van der Waals surface area contributed by atoms with Crippen molar-refractivity contribution in [3.05, 3.63) is 35.5 Å². The summed E-state index contributed by atoms with van der Waals surface area (Å²) in [5, 5.41) is 3.27. The standard InChI is InChI=1S/C16H19F2N3O/c1-9(2)19-14(22)8-21(4)13-7-10(3)20-16-11(13)5-6-12(17)15(16)18/h5-7,9H,8H2,1-4H3,(H,19,22). The van der Waals surface area contributed by atoms with E-state index in [2.05, 4.69) is 10.3 Å². The van der Waals surface area contributed by atoms with Crippen molar-refractivity contribution in [3.63, 3.8) is 0 Å². The maximum atomic E-state index is 13.9. The van der Waals surface area contributed by atoms with Gasteiger partial charge in [-0.15, -0.1) is 0 Å². The van der Waals surface area contributed by atoms with Crippen molar-refractivity contribution in [2.45, 2.75) is 26.8 Å². The Hall–Kier alpha value is -2.24. The number of anilines is 1. The Morgan fingerprint density at radius 3 is 2.68 bits per heavy atom. The zero-order valence-electron chi connectivity index (χ0n) is 13.1. The summed E-state index contributed by atoms with van der Waals surface area (Å²) in [7, 11) is 1.73. The van der Waals surface area contributed by atoms with E-state index in [0.29, 0.717) is 16.8 Å². The van der Waals surface area contributed by atoms with Crippen molar-refractivity contribution in [2.24, 2.45) is 0 Å². The molecule has 0 fully saturated rings. The van der Waals surface area contributed by atoms with Crippen LogP contribution in [-0.2, 0) is 4.79 Å². The Labute approximate surface area is 128 Å². The second-order valence-electron chi connectivity index (χ2n) is 5.62. The molecule has 22 heavy (non-hydrogen) atoms. The lowest BCUT2D eigenvalue weighted by atomic mass is 10.1. The summed E-state index contributed by atoms with van der Waals surface area (Å²) in [6, 6.07) is 4.35. The molecular weight excluding hydrogens is 288 g/mol. The first kappa shape index (κ1) is 16.1. The minimum Gasteiger partial charge on any atom is -0.365 e. The number of nitrogens with zero attached hydrogens (tertiary/aromatic N) is 2. The second-order valence-corrected chi connectivity index (χ2v) is 5.62. The summed E-state index contributed by atoms with van der Waals surface area (Å²) in [4.78, 5) is 17.6. The van der Waals surface area contributed by atoms with Gasteiger partial charge < -0.3 is 10.2 Å². The number of likely N-dealkylation sites (N-methyl/N-ethyl adjacent to an activating group) is 1. The molecule has 4 nitrogen and oxygen atoms in total. The molecule has 0 aliphatic carbocycles. The third-order valence-electron chi connectivity index (χ3n) is 3.22. The first-order valence-electron chi connectivity index (χ1n) is 7.05. The molecule has 0 aliphatic rings. The summed E-state index contributed by atoms with van der Waals surface area (Å²) < 4.78 is 27.3. The minimum atomic E-state index is -0.970. The van der Waals surface area contributed by atoms with Crippen LogP contribution in [0.2, 0.25) is 0 Å². The van der Waals surface area contributed by atoms with Crippen LogP contribution in [0.3, 0.4) is 0 Å². The van der Waals surface area contributed by atoms with Gasteiger partial charge >= 0.3 is 0 Å². The smallest absolute Gasteiger partial charge is 0.239 e. The average Bonchev–Trinajstić information content (AvgIpc) is 2.41. The Bertz CT molecular complexity index is 716. The molecule has 0 saturated carbocycles. The summed E-state index contributed by atoms with van der Waals surface area (Å²) in [6.45, 7) is 5.58. The monoisotopic (exact) mass is 307 g/mol. The topological polar surface area (TPSA) is 45.2 Å². The van der Waals surface area contributed by atoms with Crippen LogP contribution in [0, 0.1) is 18.6 Å². The number of benzene rings is 1. The van der Waals surface area contributed by atoms with Crippen LogP contribution in [-0.4, -0.2) is 30.5 Å². The average molecular weight is 307 g/mol. The van der Waals surface area contributed by atoms with E-state index in [1.165, 1.54) is 6.07 Å². The number of halogens is 2. The zero-order chi connectivity index (χ0) is 16.4. The van der Waals surface area contributed by atoms with Crippen LogP contribution >= 0.6 is 0 Å². The number of aromatic nitrogens is 1. The summed E-state index contributed by atoms with van der Waals surface area (Å²) >= 11 is 0. The lowest BCUT2D eigenvalue weighted by Gasteiger charge is -2.22. The minimum absolute atomic E-state index is 0.0221. The highest BCUT2D eigenvalue weighted by Crippen LogP contribution is 2.28. The van der Waals surface area contributed by atoms with Crippen molar-refractivity contribution in [1.29, 1.82) is 0 Å². The quantitative estimate of drug-likeness (QED) is 0.944. The van der Waals surface area contributed by atoms with Crippen LogP contribution in [0.15, 0.2) is 18.2 Å². The van der Waals surface area contributed by atoms with E-state index in [1.807, 2.05) is 13.8 Å². The predicted octanol–water partition coefficient (Wildman–Crippen LogP) is 2.78. The van der Waals surface area contributed by atoms with Crippen LogP contribution in [0.5, 0.6) is 0 Å². The second kappa shape index (κ2) is 6.25. The number of hydrogen-bond acceptors (Lipinski definition) is 3. The van der Waals surface area contributed by atoms with Gasteiger partial charge in [-0.3, -0.25) is 4.79 Å². The number of pyridine rings is 1. The largest absolute Gasteiger partial charge is 0.365 e. The molecular formula is C16H19F2N3O. The highest BCUT2D eigenvalue weighted by molar-refractivity contribution is 5.94. The van der Waals surface area contributed by atoms with E-state index in [4.69, 9.17) is 0 Å². The molecule has 1 N–H and O–H groups in total. The molecule has 1 amide bonds. The van der Waals surface area contributed by atoms with Gasteiger partial charge in [-0.05, 0) is 39.0 Å². The van der Waals surface area contributed by atoms with E-state index < -0.39 is 11.6 Å². The summed E-state index contributed by atoms with van der Waals surface area (Å²) in [6.07, 6.45) is 0. The Kier molecular flexibility index (Phi) is 4.59. The SMILES string of the molecule is Cc1cc(N(C)CC(=O)NC(C)C)c2ccc(F)c(F)c2n1. The summed E-state index contributed by atoms with van der Waals surface area (Å²) in [5.41, 5.74) is 1.18. The zero-order valence-corrected chi connectivity index (χ0v) is 13.1. The lowest BCUT2D eigenvalue weighted by molar-refractivity contribution is -0.120.